The lowest BCUT2D eigenvalue weighted by molar-refractivity contribution is -0.139. The number of rotatable bonds is 12. The van der Waals surface area contributed by atoms with Gasteiger partial charge in [-0.3, -0.25) is 9.59 Å². The van der Waals surface area contributed by atoms with E-state index in [1.54, 1.807) is 18.1 Å². The van der Waals surface area contributed by atoms with Crippen molar-refractivity contribution in [3.05, 3.63) is 99.5 Å². The maximum absolute atomic E-state index is 13.6. The minimum Gasteiger partial charge on any atom is -0.497 e. The van der Waals surface area contributed by atoms with Gasteiger partial charge in [0.05, 0.1) is 22.9 Å². The van der Waals surface area contributed by atoms with E-state index in [4.69, 9.17) is 27.9 Å². The third kappa shape index (κ3) is 8.19. The summed E-state index contributed by atoms with van der Waals surface area (Å²) in [6.07, 6.45) is 0.417. The first kappa shape index (κ1) is 27.9. The molecule has 1 atom stereocenters. The first-order valence-corrected chi connectivity index (χ1v) is 13.6. The highest BCUT2D eigenvalue weighted by Crippen LogP contribution is 2.25. The summed E-state index contributed by atoms with van der Waals surface area (Å²) in [7, 11) is 1.61. The molecular formula is C28H30Cl2N2O3S. The fraction of sp³-hybridized carbons (Fsp3) is 0.286. The molecule has 3 rings (SSSR count). The van der Waals surface area contributed by atoms with Gasteiger partial charge in [-0.2, -0.15) is 0 Å². The summed E-state index contributed by atoms with van der Waals surface area (Å²) in [5.41, 5.74) is 2.85. The molecule has 190 valence electrons. The Morgan fingerprint density at radius 2 is 1.69 bits per heavy atom. The van der Waals surface area contributed by atoms with Gasteiger partial charge >= 0.3 is 0 Å². The Balaban J connectivity index is 1.84. The molecule has 0 unspecified atom stereocenters. The molecule has 3 aromatic rings. The summed E-state index contributed by atoms with van der Waals surface area (Å²) >= 11 is 13.6. The van der Waals surface area contributed by atoms with Crippen LogP contribution in [0, 0.1) is 0 Å². The number of likely N-dealkylation sites (N-methyl/N-ethyl adjacent to an activating group) is 1. The lowest BCUT2D eigenvalue weighted by atomic mass is 10.0. The molecule has 0 saturated heterocycles. The molecule has 0 radical (unpaired) electrons. The number of carbonyl (C=O) groups is 2. The summed E-state index contributed by atoms with van der Waals surface area (Å²) in [4.78, 5) is 28.5. The number of benzene rings is 3. The number of ether oxygens (including phenoxy) is 1. The Labute approximate surface area is 227 Å². The average molecular weight is 546 g/mol. The lowest BCUT2D eigenvalue weighted by Gasteiger charge is -2.31. The number of halogens is 2. The van der Waals surface area contributed by atoms with Crippen LogP contribution in [0.4, 0.5) is 0 Å². The van der Waals surface area contributed by atoms with Crippen molar-refractivity contribution < 1.29 is 14.3 Å². The van der Waals surface area contributed by atoms with E-state index in [0.29, 0.717) is 34.5 Å². The Morgan fingerprint density at radius 3 is 2.39 bits per heavy atom. The topological polar surface area (TPSA) is 58.6 Å². The van der Waals surface area contributed by atoms with Crippen molar-refractivity contribution in [2.24, 2.45) is 0 Å². The Hall–Kier alpha value is -2.67. The number of nitrogens with one attached hydrogen (secondary N) is 1. The van der Waals surface area contributed by atoms with Crippen molar-refractivity contribution in [2.75, 3.05) is 19.4 Å². The summed E-state index contributed by atoms with van der Waals surface area (Å²) < 4.78 is 5.36. The van der Waals surface area contributed by atoms with Crippen LogP contribution in [0.3, 0.4) is 0 Å². The van der Waals surface area contributed by atoms with Gasteiger partial charge in [0.15, 0.2) is 0 Å². The van der Waals surface area contributed by atoms with Crippen LogP contribution >= 0.6 is 35.0 Å². The van der Waals surface area contributed by atoms with Crippen molar-refractivity contribution in [1.82, 2.24) is 10.2 Å². The third-order valence-electron chi connectivity index (χ3n) is 5.59. The zero-order valence-corrected chi connectivity index (χ0v) is 22.7. The predicted octanol–water partition coefficient (Wildman–Crippen LogP) is 6.01. The molecule has 5 nitrogen and oxygen atoms in total. The molecule has 36 heavy (non-hydrogen) atoms. The van der Waals surface area contributed by atoms with Crippen molar-refractivity contribution in [3.63, 3.8) is 0 Å². The fourth-order valence-electron chi connectivity index (χ4n) is 3.78. The smallest absolute Gasteiger partial charge is 0.243 e. The Morgan fingerprint density at radius 1 is 0.944 bits per heavy atom. The molecule has 0 aromatic heterocycles. The van der Waals surface area contributed by atoms with Gasteiger partial charge in [0.1, 0.15) is 11.8 Å². The molecule has 0 aliphatic rings. The highest BCUT2D eigenvalue weighted by molar-refractivity contribution is 7.99. The van der Waals surface area contributed by atoms with Crippen molar-refractivity contribution >= 4 is 46.8 Å². The molecule has 2 amide bonds. The number of carbonyl (C=O) groups excluding carboxylic acids is 2. The third-order valence-corrected chi connectivity index (χ3v) is 7.32. The van der Waals surface area contributed by atoms with Crippen LogP contribution in [0.1, 0.15) is 23.6 Å². The summed E-state index contributed by atoms with van der Waals surface area (Å²) in [6.45, 7) is 2.65. The van der Waals surface area contributed by atoms with Gasteiger partial charge in [0.2, 0.25) is 11.8 Å². The lowest BCUT2D eigenvalue weighted by Crippen LogP contribution is -2.51. The first-order chi connectivity index (χ1) is 17.4. The number of hydrogen-bond donors (Lipinski definition) is 1. The van der Waals surface area contributed by atoms with E-state index in [1.165, 1.54) is 11.8 Å². The van der Waals surface area contributed by atoms with Gasteiger partial charge in [-0.05, 0) is 47.9 Å². The van der Waals surface area contributed by atoms with Gasteiger partial charge in [-0.15, -0.1) is 11.8 Å². The normalized spacial score (nSPS) is 11.6. The number of nitrogens with zero attached hydrogens (tertiary/aromatic N) is 1. The summed E-state index contributed by atoms with van der Waals surface area (Å²) in [5, 5.41) is 3.89. The van der Waals surface area contributed by atoms with Crippen LogP contribution in [-0.2, 0) is 28.3 Å². The van der Waals surface area contributed by atoms with Crippen LogP contribution in [0.15, 0.2) is 72.8 Å². The molecule has 0 bridgehead atoms. The average Bonchev–Trinajstić information content (AvgIpc) is 2.89. The molecule has 0 heterocycles. The molecule has 0 spiro atoms. The van der Waals surface area contributed by atoms with Gasteiger partial charge in [0.25, 0.3) is 0 Å². The summed E-state index contributed by atoms with van der Waals surface area (Å²) in [5.74, 6) is 1.23. The van der Waals surface area contributed by atoms with Crippen molar-refractivity contribution in [3.8, 4) is 5.75 Å². The van der Waals surface area contributed by atoms with Crippen LogP contribution in [0.25, 0.3) is 0 Å². The number of hydrogen-bond acceptors (Lipinski definition) is 4. The molecule has 3 aromatic carbocycles. The van der Waals surface area contributed by atoms with Gasteiger partial charge in [0, 0.05) is 25.3 Å². The van der Waals surface area contributed by atoms with Crippen molar-refractivity contribution in [1.29, 1.82) is 0 Å². The first-order valence-electron chi connectivity index (χ1n) is 11.7. The number of amides is 2. The largest absolute Gasteiger partial charge is 0.497 e. The van der Waals surface area contributed by atoms with E-state index in [2.05, 4.69) is 5.32 Å². The molecule has 0 aliphatic heterocycles. The van der Waals surface area contributed by atoms with Crippen molar-refractivity contribution in [2.45, 2.75) is 31.7 Å². The predicted molar refractivity (Wildman–Crippen MR) is 149 cm³/mol. The van der Waals surface area contributed by atoms with E-state index in [0.717, 1.165) is 16.7 Å². The molecular weight excluding hydrogens is 515 g/mol. The summed E-state index contributed by atoms with van der Waals surface area (Å²) in [6, 6.07) is 22.1. The van der Waals surface area contributed by atoms with Crippen LogP contribution < -0.4 is 10.1 Å². The fourth-order valence-corrected chi connectivity index (χ4v) is 4.96. The van der Waals surface area contributed by atoms with Gasteiger partial charge in [-0.1, -0.05) is 71.7 Å². The molecule has 8 heteroatoms. The van der Waals surface area contributed by atoms with E-state index in [1.807, 2.05) is 73.7 Å². The van der Waals surface area contributed by atoms with Crippen LogP contribution in [0.5, 0.6) is 5.75 Å². The van der Waals surface area contributed by atoms with Gasteiger partial charge in [-0.25, -0.2) is 0 Å². The van der Waals surface area contributed by atoms with Crippen LogP contribution in [0.2, 0.25) is 10.0 Å². The second-order valence-corrected chi connectivity index (χ2v) is 10.0. The highest BCUT2D eigenvalue weighted by Gasteiger charge is 2.30. The standard InChI is InChI=1S/C28H30Cl2N2O3S/c1-3-31-28(34)26(16-20-8-5-4-6-9-20)32(17-21-10-7-11-23(14-21)35-2)27(33)19-36-18-22-12-13-24(29)25(30)15-22/h4-15,26H,3,16-19H2,1-2H3,(H,31,34)/t26-/m1/s1. The van der Waals surface area contributed by atoms with E-state index < -0.39 is 6.04 Å². The second-order valence-electron chi connectivity index (χ2n) is 8.21. The molecule has 1 N–H and O–H groups in total. The molecule has 0 fully saturated rings. The molecule has 0 aliphatic carbocycles. The molecule has 0 saturated carbocycles. The highest BCUT2D eigenvalue weighted by atomic mass is 35.5. The SMILES string of the molecule is CCNC(=O)[C@@H](Cc1ccccc1)N(Cc1cccc(OC)c1)C(=O)CSCc1ccc(Cl)c(Cl)c1. The van der Waals surface area contributed by atoms with E-state index in [9.17, 15) is 9.59 Å². The number of methoxy groups -OCH3 is 1. The van der Waals surface area contributed by atoms with E-state index in [-0.39, 0.29) is 24.1 Å². The van der Waals surface area contributed by atoms with Gasteiger partial charge < -0.3 is 15.0 Å². The zero-order chi connectivity index (χ0) is 25.9. The van der Waals surface area contributed by atoms with Crippen LogP contribution in [-0.4, -0.2) is 42.2 Å². The monoisotopic (exact) mass is 544 g/mol. The second kappa shape index (κ2) is 14.2. The Bertz CT molecular complexity index is 1160. The maximum atomic E-state index is 13.6. The maximum Gasteiger partial charge on any atom is 0.243 e. The zero-order valence-electron chi connectivity index (χ0n) is 20.4. The Kier molecular flexibility index (Phi) is 11.0. The minimum absolute atomic E-state index is 0.116. The number of thioether (sulfide) groups is 1. The minimum atomic E-state index is -0.656. The quantitative estimate of drug-likeness (QED) is 0.303. The van der Waals surface area contributed by atoms with E-state index >= 15 is 0 Å².